The van der Waals surface area contributed by atoms with Crippen molar-refractivity contribution in [1.29, 1.82) is 0 Å². The van der Waals surface area contributed by atoms with Gasteiger partial charge in [0.15, 0.2) is 5.84 Å². The maximum Gasteiger partial charge on any atom is 0.253 e. The number of hydrogen-bond donors (Lipinski definition) is 2. The molecule has 0 saturated heterocycles. The highest BCUT2D eigenvalue weighted by Gasteiger charge is 2.29. The van der Waals surface area contributed by atoms with Crippen molar-refractivity contribution in [2.24, 2.45) is 10.9 Å². The van der Waals surface area contributed by atoms with E-state index in [9.17, 15) is 8.42 Å². The van der Waals surface area contributed by atoms with Gasteiger partial charge in [0.25, 0.3) is 10.0 Å². The Hall–Kier alpha value is -1.12. The van der Waals surface area contributed by atoms with Gasteiger partial charge in [-0.25, -0.2) is 8.42 Å². The van der Waals surface area contributed by atoms with Crippen LogP contribution in [0.15, 0.2) is 21.5 Å². The topological polar surface area (TPSA) is 96.0 Å². The number of nitrogens with zero attached hydrogens (tertiary/aromatic N) is 2. The van der Waals surface area contributed by atoms with E-state index in [-0.39, 0.29) is 22.6 Å². The molecule has 0 aliphatic carbocycles. The molecule has 8 heteroatoms. The fourth-order valence-electron chi connectivity index (χ4n) is 1.54. The van der Waals surface area contributed by atoms with Crippen molar-refractivity contribution in [1.82, 2.24) is 4.31 Å². The first kappa shape index (κ1) is 15.9. The SMILES string of the molecule is CCc1ccc(S(=O)(=O)N(CC(N)=NO)C(C)C)s1. The number of aryl methyl sites for hydroxylation is 1. The maximum atomic E-state index is 12.5. The van der Waals surface area contributed by atoms with E-state index in [1.165, 1.54) is 15.6 Å². The predicted molar refractivity (Wildman–Crippen MR) is 76.1 cm³/mol. The Labute approximate surface area is 117 Å². The van der Waals surface area contributed by atoms with Gasteiger partial charge in [-0.05, 0) is 32.4 Å². The molecule has 0 saturated carbocycles. The van der Waals surface area contributed by atoms with Crippen molar-refractivity contribution >= 4 is 27.2 Å². The average molecular weight is 305 g/mol. The molecular weight excluding hydrogens is 286 g/mol. The molecule has 0 aliphatic heterocycles. The van der Waals surface area contributed by atoms with E-state index < -0.39 is 10.0 Å². The lowest BCUT2D eigenvalue weighted by Crippen LogP contribution is -2.42. The standard InChI is InChI=1S/C11H19N3O3S2/c1-4-9-5-6-11(18-9)19(16,17)14(8(2)3)7-10(12)13-15/h5-6,8,15H,4,7H2,1-3H3,(H2,12,13). The second-order valence-corrected chi connectivity index (χ2v) is 7.60. The zero-order valence-corrected chi connectivity index (χ0v) is 12.8. The largest absolute Gasteiger partial charge is 0.409 e. The van der Waals surface area contributed by atoms with E-state index >= 15 is 0 Å². The first-order valence-electron chi connectivity index (χ1n) is 5.89. The number of nitrogens with two attached hydrogens (primary N) is 1. The molecule has 1 aromatic heterocycles. The van der Waals surface area contributed by atoms with Crippen LogP contribution in [-0.4, -0.2) is 36.4 Å². The lowest BCUT2D eigenvalue weighted by molar-refractivity contribution is 0.312. The summed E-state index contributed by atoms with van der Waals surface area (Å²) in [6, 6.07) is 3.12. The molecule has 0 aromatic carbocycles. The van der Waals surface area contributed by atoms with Gasteiger partial charge < -0.3 is 10.9 Å². The third-order valence-electron chi connectivity index (χ3n) is 2.57. The molecule has 0 radical (unpaired) electrons. The lowest BCUT2D eigenvalue weighted by Gasteiger charge is -2.24. The molecule has 0 atom stereocenters. The Kier molecular flexibility index (Phi) is 5.33. The van der Waals surface area contributed by atoms with Gasteiger partial charge >= 0.3 is 0 Å². The molecule has 1 rings (SSSR count). The Morgan fingerprint density at radius 2 is 2.16 bits per heavy atom. The summed E-state index contributed by atoms with van der Waals surface area (Å²) in [4.78, 5) is 1.01. The van der Waals surface area contributed by atoms with Gasteiger partial charge in [-0.3, -0.25) is 0 Å². The van der Waals surface area contributed by atoms with Crippen LogP contribution in [0.2, 0.25) is 0 Å². The van der Waals surface area contributed by atoms with Crippen molar-refractivity contribution in [3.63, 3.8) is 0 Å². The Morgan fingerprint density at radius 3 is 2.58 bits per heavy atom. The molecule has 19 heavy (non-hydrogen) atoms. The highest BCUT2D eigenvalue weighted by molar-refractivity contribution is 7.91. The van der Waals surface area contributed by atoms with Gasteiger partial charge in [0, 0.05) is 10.9 Å². The van der Waals surface area contributed by atoms with Crippen LogP contribution in [0.5, 0.6) is 0 Å². The quantitative estimate of drug-likeness (QED) is 0.360. The minimum atomic E-state index is -3.61. The Balaban J connectivity index is 3.13. The van der Waals surface area contributed by atoms with Gasteiger partial charge in [0.05, 0.1) is 6.54 Å². The molecular formula is C11H19N3O3S2. The third kappa shape index (κ3) is 3.68. The monoisotopic (exact) mass is 305 g/mol. The fraction of sp³-hybridized carbons (Fsp3) is 0.545. The predicted octanol–water partition coefficient (Wildman–Crippen LogP) is 1.46. The average Bonchev–Trinajstić information content (AvgIpc) is 2.84. The van der Waals surface area contributed by atoms with E-state index in [0.29, 0.717) is 0 Å². The van der Waals surface area contributed by atoms with Gasteiger partial charge in [-0.2, -0.15) is 4.31 Å². The molecule has 108 valence electrons. The fourth-order valence-corrected chi connectivity index (χ4v) is 4.57. The minimum absolute atomic E-state index is 0.129. The second kappa shape index (κ2) is 6.36. The van der Waals surface area contributed by atoms with Crippen LogP contribution < -0.4 is 5.73 Å². The summed E-state index contributed by atoms with van der Waals surface area (Å²) in [5, 5.41) is 11.4. The third-order valence-corrected chi connectivity index (χ3v) is 6.29. The molecule has 0 unspecified atom stereocenters. The first-order chi connectivity index (χ1) is 8.82. The van der Waals surface area contributed by atoms with Crippen molar-refractivity contribution in [3.8, 4) is 0 Å². The lowest BCUT2D eigenvalue weighted by atomic mass is 10.4. The van der Waals surface area contributed by atoms with Crippen molar-refractivity contribution < 1.29 is 13.6 Å². The van der Waals surface area contributed by atoms with Gasteiger partial charge in [0.1, 0.15) is 4.21 Å². The Morgan fingerprint density at radius 1 is 1.53 bits per heavy atom. The number of amidine groups is 1. The second-order valence-electron chi connectivity index (χ2n) is 4.31. The highest BCUT2D eigenvalue weighted by Crippen LogP contribution is 2.26. The van der Waals surface area contributed by atoms with E-state index in [0.717, 1.165) is 11.3 Å². The summed E-state index contributed by atoms with van der Waals surface area (Å²) in [6.45, 7) is 5.34. The zero-order valence-electron chi connectivity index (χ0n) is 11.2. The number of sulfonamides is 1. The van der Waals surface area contributed by atoms with Gasteiger partial charge in [0.2, 0.25) is 0 Å². The molecule has 0 bridgehead atoms. The van der Waals surface area contributed by atoms with E-state index in [4.69, 9.17) is 10.9 Å². The molecule has 1 heterocycles. The number of thiophene rings is 1. The summed E-state index contributed by atoms with van der Waals surface area (Å²) >= 11 is 1.25. The molecule has 0 spiro atoms. The molecule has 6 nitrogen and oxygen atoms in total. The number of rotatable bonds is 6. The summed E-state index contributed by atoms with van der Waals surface area (Å²) < 4.78 is 26.5. The molecule has 3 N–H and O–H groups in total. The van der Waals surface area contributed by atoms with Crippen molar-refractivity contribution in [3.05, 3.63) is 17.0 Å². The number of oxime groups is 1. The van der Waals surface area contributed by atoms with Crippen LogP contribution in [0.25, 0.3) is 0 Å². The van der Waals surface area contributed by atoms with Crippen LogP contribution in [-0.2, 0) is 16.4 Å². The molecule has 1 aromatic rings. The molecule has 0 amide bonds. The van der Waals surface area contributed by atoms with Crippen LogP contribution in [0, 0.1) is 0 Å². The molecule has 0 fully saturated rings. The van der Waals surface area contributed by atoms with E-state index in [1.54, 1.807) is 26.0 Å². The minimum Gasteiger partial charge on any atom is -0.409 e. The van der Waals surface area contributed by atoms with Crippen LogP contribution >= 0.6 is 11.3 Å². The zero-order chi connectivity index (χ0) is 14.6. The van der Waals surface area contributed by atoms with Gasteiger partial charge in [-0.15, -0.1) is 11.3 Å². The summed E-state index contributed by atoms with van der Waals surface area (Å²) in [7, 11) is -3.61. The first-order valence-corrected chi connectivity index (χ1v) is 8.15. The van der Waals surface area contributed by atoms with Crippen LogP contribution in [0.1, 0.15) is 25.6 Å². The number of hydrogen-bond acceptors (Lipinski definition) is 5. The summed E-state index contributed by atoms with van der Waals surface area (Å²) in [6.07, 6.45) is 0.794. The van der Waals surface area contributed by atoms with Crippen molar-refractivity contribution in [2.45, 2.75) is 37.4 Å². The van der Waals surface area contributed by atoms with Crippen LogP contribution in [0.4, 0.5) is 0 Å². The van der Waals surface area contributed by atoms with E-state index in [2.05, 4.69) is 5.16 Å². The van der Waals surface area contributed by atoms with Gasteiger partial charge in [-0.1, -0.05) is 12.1 Å². The smallest absolute Gasteiger partial charge is 0.253 e. The Bertz CT molecular complexity index is 549. The summed E-state index contributed by atoms with van der Waals surface area (Å²) in [5.41, 5.74) is 5.42. The molecule has 0 aliphatic rings. The normalized spacial score (nSPS) is 13.4. The van der Waals surface area contributed by atoms with E-state index in [1.807, 2.05) is 6.92 Å². The van der Waals surface area contributed by atoms with Crippen LogP contribution in [0.3, 0.4) is 0 Å². The van der Waals surface area contributed by atoms with Crippen molar-refractivity contribution in [2.75, 3.05) is 6.54 Å². The highest BCUT2D eigenvalue weighted by atomic mass is 32.2. The summed E-state index contributed by atoms with van der Waals surface area (Å²) in [5.74, 6) is -0.135. The maximum absolute atomic E-state index is 12.5.